The minimum atomic E-state index is -0.575. The molecule has 19 heavy (non-hydrogen) atoms. The van der Waals surface area contributed by atoms with E-state index in [9.17, 15) is 4.79 Å². The Kier molecular flexibility index (Phi) is 6.31. The summed E-state index contributed by atoms with van der Waals surface area (Å²) >= 11 is 3.34. The summed E-state index contributed by atoms with van der Waals surface area (Å²) < 4.78 is 6.51. The van der Waals surface area contributed by atoms with Crippen LogP contribution in [0, 0.1) is 5.92 Å². The number of amides is 1. The lowest BCUT2D eigenvalue weighted by molar-refractivity contribution is -0.128. The van der Waals surface area contributed by atoms with Crippen molar-refractivity contribution in [3.63, 3.8) is 0 Å². The van der Waals surface area contributed by atoms with Crippen molar-refractivity contribution in [2.24, 2.45) is 5.92 Å². The van der Waals surface area contributed by atoms with Gasteiger partial charge in [0.25, 0.3) is 5.91 Å². The smallest absolute Gasteiger partial charge is 0.260 e. The maximum atomic E-state index is 11.9. The molecule has 3 atom stereocenters. The fourth-order valence-corrected chi connectivity index (χ4v) is 1.68. The second-order valence-corrected chi connectivity index (χ2v) is 5.59. The molecule has 0 radical (unpaired) electrons. The Morgan fingerprint density at radius 3 is 2.42 bits per heavy atom. The Labute approximate surface area is 122 Å². The van der Waals surface area contributed by atoms with E-state index in [1.54, 1.807) is 19.1 Å². The lowest BCUT2D eigenvalue weighted by Gasteiger charge is -2.22. The average molecular weight is 330 g/mol. The number of carbonyl (C=O) groups is 1. The van der Waals surface area contributed by atoms with Gasteiger partial charge in [0.1, 0.15) is 5.75 Å². The largest absolute Gasteiger partial charge is 0.481 e. The maximum absolute atomic E-state index is 11.9. The van der Waals surface area contributed by atoms with Crippen molar-refractivity contribution in [2.45, 2.75) is 32.9 Å². The molecule has 1 aromatic rings. The first-order valence-electron chi connectivity index (χ1n) is 6.27. The first-order chi connectivity index (χ1) is 8.93. The molecule has 5 heteroatoms. The van der Waals surface area contributed by atoms with Crippen molar-refractivity contribution in [3.8, 4) is 5.75 Å². The second-order valence-electron chi connectivity index (χ2n) is 4.67. The molecule has 0 aliphatic heterocycles. The van der Waals surface area contributed by atoms with Gasteiger partial charge in [-0.2, -0.15) is 0 Å². The molecule has 2 N–H and O–H groups in total. The Morgan fingerprint density at radius 1 is 1.32 bits per heavy atom. The van der Waals surface area contributed by atoms with E-state index in [4.69, 9.17) is 9.84 Å². The number of halogens is 1. The number of benzene rings is 1. The number of carbonyl (C=O) groups excluding carboxylic acids is 1. The Bertz CT molecular complexity index is 408. The van der Waals surface area contributed by atoms with Crippen molar-refractivity contribution in [2.75, 3.05) is 6.61 Å². The van der Waals surface area contributed by atoms with Gasteiger partial charge < -0.3 is 15.2 Å². The third kappa shape index (κ3) is 5.20. The van der Waals surface area contributed by atoms with E-state index in [0.29, 0.717) is 5.75 Å². The van der Waals surface area contributed by atoms with Crippen LogP contribution in [0.1, 0.15) is 20.8 Å². The number of hydrogen-bond acceptors (Lipinski definition) is 3. The summed E-state index contributed by atoms with van der Waals surface area (Å²) in [5.41, 5.74) is 0. The SMILES string of the molecule is CC(Oc1ccc(Br)cc1)C(=O)NC(C)C(C)CO. The Balaban J connectivity index is 2.51. The summed E-state index contributed by atoms with van der Waals surface area (Å²) in [5.74, 6) is 0.480. The minimum Gasteiger partial charge on any atom is -0.481 e. The van der Waals surface area contributed by atoms with Crippen molar-refractivity contribution in [1.82, 2.24) is 5.32 Å². The number of rotatable bonds is 6. The van der Waals surface area contributed by atoms with Gasteiger partial charge in [-0.3, -0.25) is 4.79 Å². The molecule has 106 valence electrons. The molecule has 0 spiro atoms. The van der Waals surface area contributed by atoms with Crippen molar-refractivity contribution >= 4 is 21.8 Å². The summed E-state index contributed by atoms with van der Waals surface area (Å²) in [6.45, 7) is 5.49. The molecule has 0 saturated heterocycles. The van der Waals surface area contributed by atoms with Crippen molar-refractivity contribution in [1.29, 1.82) is 0 Å². The highest BCUT2D eigenvalue weighted by Gasteiger charge is 2.19. The topological polar surface area (TPSA) is 58.6 Å². The summed E-state index contributed by atoms with van der Waals surface area (Å²) in [4.78, 5) is 11.9. The molecule has 0 heterocycles. The molecule has 1 rings (SSSR count). The van der Waals surface area contributed by atoms with Gasteiger partial charge in [0.15, 0.2) is 6.10 Å². The number of ether oxygens (including phenoxy) is 1. The second kappa shape index (κ2) is 7.50. The molecule has 0 aromatic heterocycles. The maximum Gasteiger partial charge on any atom is 0.260 e. The summed E-state index contributed by atoms with van der Waals surface area (Å²) in [6, 6.07) is 7.22. The van der Waals surface area contributed by atoms with Gasteiger partial charge in [-0.25, -0.2) is 0 Å². The Hall–Kier alpha value is -1.07. The normalized spacial score (nSPS) is 15.4. The van der Waals surface area contributed by atoms with E-state index in [1.807, 2.05) is 26.0 Å². The highest BCUT2D eigenvalue weighted by atomic mass is 79.9. The van der Waals surface area contributed by atoms with Crippen LogP contribution in [0.3, 0.4) is 0 Å². The molecule has 1 aromatic carbocycles. The average Bonchev–Trinajstić information content (AvgIpc) is 2.40. The number of nitrogens with one attached hydrogen (secondary N) is 1. The molecule has 0 aliphatic rings. The molecule has 1 amide bonds. The first kappa shape index (κ1) is 16.0. The molecule has 0 aliphatic carbocycles. The number of aliphatic hydroxyl groups is 1. The van der Waals surface area contributed by atoms with Crippen LogP contribution in [0.5, 0.6) is 5.75 Å². The zero-order valence-electron chi connectivity index (χ0n) is 11.4. The van der Waals surface area contributed by atoms with Gasteiger partial charge in [0.05, 0.1) is 0 Å². The van der Waals surface area contributed by atoms with E-state index in [-0.39, 0.29) is 24.5 Å². The van der Waals surface area contributed by atoms with E-state index in [2.05, 4.69) is 21.2 Å². The lowest BCUT2D eigenvalue weighted by Crippen LogP contribution is -2.44. The van der Waals surface area contributed by atoms with Crippen LogP contribution in [-0.4, -0.2) is 29.8 Å². The van der Waals surface area contributed by atoms with Crippen molar-refractivity contribution in [3.05, 3.63) is 28.7 Å². The summed E-state index contributed by atoms with van der Waals surface area (Å²) in [7, 11) is 0. The van der Waals surface area contributed by atoms with E-state index >= 15 is 0 Å². The van der Waals surface area contributed by atoms with Crippen LogP contribution in [0.25, 0.3) is 0 Å². The fourth-order valence-electron chi connectivity index (χ4n) is 1.41. The zero-order valence-corrected chi connectivity index (χ0v) is 13.0. The highest BCUT2D eigenvalue weighted by molar-refractivity contribution is 9.10. The molecule has 3 unspecified atom stereocenters. The van der Waals surface area contributed by atoms with Crippen LogP contribution < -0.4 is 10.1 Å². The molecule has 0 bridgehead atoms. The molecular weight excluding hydrogens is 310 g/mol. The van der Waals surface area contributed by atoms with Crippen LogP contribution in [-0.2, 0) is 4.79 Å². The van der Waals surface area contributed by atoms with E-state index in [0.717, 1.165) is 4.47 Å². The zero-order chi connectivity index (χ0) is 14.4. The molecular formula is C14H20BrNO3. The van der Waals surface area contributed by atoms with Crippen LogP contribution >= 0.6 is 15.9 Å². The number of aliphatic hydroxyl groups excluding tert-OH is 1. The van der Waals surface area contributed by atoms with E-state index < -0.39 is 6.10 Å². The molecule has 0 fully saturated rings. The standard InChI is InChI=1S/C14H20BrNO3/c1-9(8-17)10(2)16-14(18)11(3)19-13-6-4-12(15)5-7-13/h4-7,9-11,17H,8H2,1-3H3,(H,16,18). The first-order valence-corrected chi connectivity index (χ1v) is 7.06. The predicted octanol–water partition coefficient (Wildman–Crippen LogP) is 2.35. The number of hydrogen-bond donors (Lipinski definition) is 2. The van der Waals surface area contributed by atoms with Crippen molar-refractivity contribution < 1.29 is 14.6 Å². The van der Waals surface area contributed by atoms with Crippen LogP contribution in [0.4, 0.5) is 0 Å². The van der Waals surface area contributed by atoms with Gasteiger partial charge in [0, 0.05) is 17.1 Å². The fraction of sp³-hybridized carbons (Fsp3) is 0.500. The van der Waals surface area contributed by atoms with E-state index in [1.165, 1.54) is 0 Å². The van der Waals surface area contributed by atoms with Gasteiger partial charge >= 0.3 is 0 Å². The third-order valence-corrected chi connectivity index (χ3v) is 3.54. The Morgan fingerprint density at radius 2 is 1.89 bits per heavy atom. The molecule has 4 nitrogen and oxygen atoms in total. The molecule has 0 saturated carbocycles. The van der Waals surface area contributed by atoms with Crippen LogP contribution in [0.15, 0.2) is 28.7 Å². The summed E-state index contributed by atoms with van der Waals surface area (Å²) in [6.07, 6.45) is -0.575. The minimum absolute atomic E-state index is 0.0174. The quantitative estimate of drug-likeness (QED) is 0.842. The third-order valence-electron chi connectivity index (χ3n) is 3.01. The van der Waals surface area contributed by atoms with Gasteiger partial charge in [-0.1, -0.05) is 22.9 Å². The van der Waals surface area contributed by atoms with Crippen LogP contribution in [0.2, 0.25) is 0 Å². The highest BCUT2D eigenvalue weighted by Crippen LogP contribution is 2.17. The predicted molar refractivity (Wildman–Crippen MR) is 78.1 cm³/mol. The van der Waals surface area contributed by atoms with Gasteiger partial charge in [-0.05, 0) is 44.0 Å². The van der Waals surface area contributed by atoms with Gasteiger partial charge in [0.2, 0.25) is 0 Å². The lowest BCUT2D eigenvalue weighted by atomic mass is 10.1. The monoisotopic (exact) mass is 329 g/mol. The summed E-state index contributed by atoms with van der Waals surface area (Å²) in [5, 5.41) is 11.9. The van der Waals surface area contributed by atoms with Gasteiger partial charge in [-0.15, -0.1) is 0 Å².